The monoisotopic (exact) mass is 250 g/mol. The molecule has 94 valence electrons. The van der Waals surface area contributed by atoms with E-state index in [-0.39, 0.29) is 6.04 Å². The minimum Gasteiger partial charge on any atom is -0.308 e. The fourth-order valence-corrected chi connectivity index (χ4v) is 2.32. The molecule has 1 aromatic carbocycles. The maximum atomic E-state index is 4.39. The topological polar surface area (TPSA) is 50.7 Å². The molecular formula is C15H14N4. The number of rotatable bonds is 3. The van der Waals surface area contributed by atoms with Gasteiger partial charge in [0.1, 0.15) is 0 Å². The molecule has 0 radical (unpaired) electrons. The molecule has 0 aliphatic rings. The molecule has 2 heterocycles. The summed E-state index contributed by atoms with van der Waals surface area (Å²) in [6.45, 7) is 0. The highest BCUT2D eigenvalue weighted by Gasteiger charge is 2.15. The zero-order chi connectivity index (χ0) is 13.1. The van der Waals surface area contributed by atoms with E-state index >= 15 is 0 Å². The minimum absolute atomic E-state index is 0.0276. The molecule has 1 unspecified atom stereocenters. The number of aromatic nitrogens is 3. The standard InChI is InChI=1S/C15H14N4/c1-16-15(14-10-18-7-8-19-14)13-4-2-3-11-9-17-6-5-12(11)13/h2-10,15-16H,1H3. The smallest absolute Gasteiger partial charge is 0.0801 e. The van der Waals surface area contributed by atoms with E-state index in [1.165, 1.54) is 10.9 Å². The second kappa shape index (κ2) is 5.12. The third-order valence-electron chi connectivity index (χ3n) is 3.19. The first-order valence-electron chi connectivity index (χ1n) is 6.16. The van der Waals surface area contributed by atoms with Crippen LogP contribution in [0.5, 0.6) is 0 Å². The molecule has 1 atom stereocenters. The van der Waals surface area contributed by atoms with Gasteiger partial charge in [-0.25, -0.2) is 0 Å². The maximum Gasteiger partial charge on any atom is 0.0801 e. The number of hydrogen-bond donors (Lipinski definition) is 1. The van der Waals surface area contributed by atoms with Gasteiger partial charge in [-0.2, -0.15) is 0 Å². The average molecular weight is 250 g/mol. The number of benzene rings is 1. The van der Waals surface area contributed by atoms with Gasteiger partial charge in [0.15, 0.2) is 0 Å². The maximum absolute atomic E-state index is 4.39. The molecule has 3 aromatic rings. The van der Waals surface area contributed by atoms with Gasteiger partial charge in [-0.05, 0) is 24.1 Å². The molecule has 2 aromatic heterocycles. The molecule has 3 rings (SSSR count). The van der Waals surface area contributed by atoms with Crippen molar-refractivity contribution < 1.29 is 0 Å². The Labute approximate surface area is 111 Å². The average Bonchev–Trinajstić information content (AvgIpc) is 2.49. The summed E-state index contributed by atoms with van der Waals surface area (Å²) in [4.78, 5) is 12.7. The second-order valence-corrected chi connectivity index (χ2v) is 4.30. The van der Waals surface area contributed by atoms with Gasteiger partial charge in [0, 0.05) is 30.2 Å². The van der Waals surface area contributed by atoms with Crippen LogP contribution < -0.4 is 5.32 Å². The molecule has 0 amide bonds. The lowest BCUT2D eigenvalue weighted by atomic mass is 9.98. The Balaban J connectivity index is 2.17. The summed E-state index contributed by atoms with van der Waals surface area (Å²) >= 11 is 0. The molecule has 4 nitrogen and oxygen atoms in total. The van der Waals surface area contributed by atoms with Crippen molar-refractivity contribution >= 4 is 10.8 Å². The van der Waals surface area contributed by atoms with Crippen LogP contribution in [0.1, 0.15) is 17.3 Å². The summed E-state index contributed by atoms with van der Waals surface area (Å²) in [5.41, 5.74) is 2.09. The van der Waals surface area contributed by atoms with E-state index in [1.54, 1.807) is 18.6 Å². The van der Waals surface area contributed by atoms with Crippen molar-refractivity contribution in [2.24, 2.45) is 0 Å². The number of hydrogen-bond acceptors (Lipinski definition) is 4. The number of fused-ring (bicyclic) bond motifs is 1. The second-order valence-electron chi connectivity index (χ2n) is 4.30. The first kappa shape index (κ1) is 11.7. The Kier molecular flexibility index (Phi) is 3.16. The number of pyridine rings is 1. The minimum atomic E-state index is 0.0276. The quantitative estimate of drug-likeness (QED) is 0.775. The predicted octanol–water partition coefficient (Wildman–Crippen LogP) is 2.33. The third-order valence-corrected chi connectivity index (χ3v) is 3.19. The molecule has 0 spiro atoms. The lowest BCUT2D eigenvalue weighted by molar-refractivity contribution is 0.671. The van der Waals surface area contributed by atoms with Crippen LogP contribution in [-0.2, 0) is 0 Å². The van der Waals surface area contributed by atoms with Gasteiger partial charge in [0.2, 0.25) is 0 Å². The Bertz CT molecular complexity index is 677. The highest BCUT2D eigenvalue weighted by Crippen LogP contribution is 2.26. The van der Waals surface area contributed by atoms with Crippen LogP contribution in [0.4, 0.5) is 0 Å². The van der Waals surface area contributed by atoms with E-state index in [0.29, 0.717) is 0 Å². The van der Waals surface area contributed by atoms with Crippen molar-refractivity contribution in [1.29, 1.82) is 0 Å². The van der Waals surface area contributed by atoms with Gasteiger partial charge in [0.25, 0.3) is 0 Å². The normalized spacial score (nSPS) is 12.5. The van der Waals surface area contributed by atoms with Gasteiger partial charge in [0.05, 0.1) is 17.9 Å². The molecular weight excluding hydrogens is 236 g/mol. The van der Waals surface area contributed by atoms with Crippen molar-refractivity contribution in [3.8, 4) is 0 Å². The SMILES string of the molecule is CNC(c1cnccn1)c1cccc2cnccc12. The third kappa shape index (κ3) is 2.18. The fourth-order valence-electron chi connectivity index (χ4n) is 2.32. The fraction of sp³-hybridized carbons (Fsp3) is 0.133. The van der Waals surface area contributed by atoms with Gasteiger partial charge >= 0.3 is 0 Å². The van der Waals surface area contributed by atoms with Crippen LogP contribution in [0.25, 0.3) is 10.8 Å². The molecule has 4 heteroatoms. The van der Waals surface area contributed by atoms with E-state index in [0.717, 1.165) is 11.1 Å². The molecule has 19 heavy (non-hydrogen) atoms. The van der Waals surface area contributed by atoms with Crippen LogP contribution in [-0.4, -0.2) is 22.0 Å². The zero-order valence-electron chi connectivity index (χ0n) is 10.6. The van der Waals surface area contributed by atoms with Crippen LogP contribution in [0.15, 0.2) is 55.2 Å². The molecule has 0 aliphatic heterocycles. The van der Waals surface area contributed by atoms with E-state index in [1.807, 2.05) is 31.6 Å². The Hall–Kier alpha value is -2.33. The Morgan fingerprint density at radius 1 is 1.00 bits per heavy atom. The molecule has 1 N–H and O–H groups in total. The van der Waals surface area contributed by atoms with Crippen molar-refractivity contribution in [3.05, 3.63) is 66.5 Å². The molecule has 0 saturated carbocycles. The summed E-state index contributed by atoms with van der Waals surface area (Å²) in [5, 5.41) is 5.62. The largest absolute Gasteiger partial charge is 0.308 e. The van der Waals surface area contributed by atoms with Crippen molar-refractivity contribution in [2.75, 3.05) is 7.05 Å². The molecule has 0 fully saturated rings. The van der Waals surface area contributed by atoms with Crippen molar-refractivity contribution in [3.63, 3.8) is 0 Å². The van der Waals surface area contributed by atoms with Crippen molar-refractivity contribution in [2.45, 2.75) is 6.04 Å². The number of nitrogens with zero attached hydrogens (tertiary/aromatic N) is 3. The van der Waals surface area contributed by atoms with Gasteiger partial charge in [-0.15, -0.1) is 0 Å². The van der Waals surface area contributed by atoms with Crippen LogP contribution in [0, 0.1) is 0 Å². The molecule has 0 bridgehead atoms. The van der Waals surface area contributed by atoms with E-state index < -0.39 is 0 Å². The highest BCUT2D eigenvalue weighted by atomic mass is 14.9. The summed E-state index contributed by atoms with van der Waals surface area (Å²) in [7, 11) is 1.93. The van der Waals surface area contributed by atoms with Crippen LogP contribution in [0.2, 0.25) is 0 Å². The summed E-state index contributed by atoms with van der Waals surface area (Å²) in [5.74, 6) is 0. The lowest BCUT2D eigenvalue weighted by Crippen LogP contribution is -2.19. The van der Waals surface area contributed by atoms with E-state index in [9.17, 15) is 0 Å². The van der Waals surface area contributed by atoms with Gasteiger partial charge < -0.3 is 5.32 Å². The van der Waals surface area contributed by atoms with Crippen molar-refractivity contribution in [1.82, 2.24) is 20.3 Å². The van der Waals surface area contributed by atoms with Crippen LogP contribution >= 0.6 is 0 Å². The highest BCUT2D eigenvalue weighted by molar-refractivity contribution is 5.85. The predicted molar refractivity (Wildman–Crippen MR) is 74.7 cm³/mol. The molecule has 0 aliphatic carbocycles. The van der Waals surface area contributed by atoms with Gasteiger partial charge in [-0.3, -0.25) is 15.0 Å². The van der Waals surface area contributed by atoms with E-state index in [4.69, 9.17) is 0 Å². The van der Waals surface area contributed by atoms with Crippen LogP contribution in [0.3, 0.4) is 0 Å². The summed E-state index contributed by atoms with van der Waals surface area (Å²) in [6, 6.07) is 8.28. The van der Waals surface area contributed by atoms with E-state index in [2.05, 4.69) is 32.4 Å². The lowest BCUT2D eigenvalue weighted by Gasteiger charge is -2.17. The Morgan fingerprint density at radius 2 is 1.89 bits per heavy atom. The van der Waals surface area contributed by atoms with Gasteiger partial charge in [-0.1, -0.05) is 18.2 Å². The number of nitrogens with one attached hydrogen (secondary N) is 1. The first-order chi connectivity index (χ1) is 9.40. The summed E-state index contributed by atoms with van der Waals surface area (Å²) in [6.07, 6.45) is 8.88. The zero-order valence-corrected chi connectivity index (χ0v) is 10.6. The summed E-state index contributed by atoms with van der Waals surface area (Å²) < 4.78 is 0. The molecule has 0 saturated heterocycles. The first-order valence-corrected chi connectivity index (χ1v) is 6.16. The Morgan fingerprint density at radius 3 is 2.68 bits per heavy atom.